The Balaban J connectivity index is 1.45. The Kier molecular flexibility index (Phi) is 5.10. The molecule has 2 heterocycles. The van der Waals surface area contributed by atoms with E-state index in [1.165, 1.54) is 0 Å². The van der Waals surface area contributed by atoms with E-state index in [0.717, 1.165) is 45.4 Å². The van der Waals surface area contributed by atoms with E-state index >= 15 is 0 Å². The summed E-state index contributed by atoms with van der Waals surface area (Å²) >= 11 is 0. The zero-order chi connectivity index (χ0) is 21.0. The fourth-order valence-corrected chi connectivity index (χ4v) is 3.60. The minimum absolute atomic E-state index is 0.353. The molecule has 6 heteroatoms. The second-order valence-electron chi connectivity index (χ2n) is 7.08. The number of nitrogens with zero attached hydrogens (tertiary/aromatic N) is 3. The van der Waals surface area contributed by atoms with Crippen molar-refractivity contribution >= 4 is 11.0 Å². The van der Waals surface area contributed by atoms with Crippen molar-refractivity contribution in [3.05, 3.63) is 96.5 Å². The van der Waals surface area contributed by atoms with Crippen LogP contribution in [0.25, 0.3) is 22.3 Å². The minimum atomic E-state index is 0.353. The highest BCUT2D eigenvalue weighted by Gasteiger charge is 2.16. The summed E-state index contributed by atoms with van der Waals surface area (Å²) < 4.78 is 19.2. The highest BCUT2D eigenvalue weighted by molar-refractivity contribution is 5.76. The maximum atomic E-state index is 5.96. The lowest BCUT2D eigenvalue weighted by molar-refractivity contribution is 0.289. The predicted molar refractivity (Wildman–Crippen MR) is 118 cm³/mol. The molecule has 0 aliphatic heterocycles. The van der Waals surface area contributed by atoms with Crippen molar-refractivity contribution < 1.29 is 14.0 Å². The second kappa shape index (κ2) is 8.36. The number of imidazole rings is 1. The molecule has 6 nitrogen and oxygen atoms in total. The molecule has 0 spiro atoms. The van der Waals surface area contributed by atoms with Gasteiger partial charge in [0.15, 0.2) is 5.76 Å². The van der Waals surface area contributed by atoms with Crippen molar-refractivity contribution in [2.75, 3.05) is 7.11 Å². The van der Waals surface area contributed by atoms with Crippen molar-refractivity contribution in [2.45, 2.75) is 13.2 Å². The van der Waals surface area contributed by atoms with Gasteiger partial charge >= 0.3 is 0 Å². The largest absolute Gasteiger partial charge is 0.496 e. The summed E-state index contributed by atoms with van der Waals surface area (Å²) in [6.45, 7) is 0.850. The van der Waals surface area contributed by atoms with Gasteiger partial charge in [-0.05, 0) is 36.4 Å². The molecule has 0 N–H and O–H groups in total. The van der Waals surface area contributed by atoms with Crippen LogP contribution in [-0.4, -0.2) is 21.8 Å². The van der Waals surface area contributed by atoms with Crippen LogP contribution in [-0.2, 0) is 13.2 Å². The fraction of sp³-hybridized carbons (Fsp3) is 0.120. The zero-order valence-corrected chi connectivity index (χ0v) is 17.1. The molecule has 0 amide bonds. The Morgan fingerprint density at radius 1 is 0.903 bits per heavy atom. The SMILES string of the molecule is COc1ccccc1-c1cc(Cn2c(COc3ccccc3)nc3ccccc32)on1. The van der Waals surface area contributed by atoms with Crippen molar-refractivity contribution in [1.29, 1.82) is 0 Å². The number of hydrogen-bond acceptors (Lipinski definition) is 5. The molecule has 0 saturated carbocycles. The maximum Gasteiger partial charge on any atom is 0.157 e. The molecule has 31 heavy (non-hydrogen) atoms. The molecular weight excluding hydrogens is 390 g/mol. The van der Waals surface area contributed by atoms with Crippen LogP contribution in [0.1, 0.15) is 11.6 Å². The molecule has 0 bridgehead atoms. The number of para-hydroxylation sites is 4. The van der Waals surface area contributed by atoms with Crippen LogP contribution in [0.15, 0.2) is 89.5 Å². The Hall–Kier alpha value is -4.06. The van der Waals surface area contributed by atoms with E-state index < -0.39 is 0 Å². The summed E-state index contributed by atoms with van der Waals surface area (Å²) in [5.74, 6) is 3.11. The van der Waals surface area contributed by atoms with Gasteiger partial charge in [-0.3, -0.25) is 0 Å². The second-order valence-corrected chi connectivity index (χ2v) is 7.08. The monoisotopic (exact) mass is 411 g/mol. The Bertz CT molecular complexity index is 1310. The summed E-state index contributed by atoms with van der Waals surface area (Å²) in [7, 11) is 1.65. The lowest BCUT2D eigenvalue weighted by atomic mass is 10.1. The number of hydrogen-bond donors (Lipinski definition) is 0. The number of ether oxygens (including phenoxy) is 2. The van der Waals surface area contributed by atoms with Gasteiger partial charge in [-0.1, -0.05) is 47.6 Å². The van der Waals surface area contributed by atoms with E-state index in [0.29, 0.717) is 13.2 Å². The Morgan fingerprint density at radius 3 is 2.55 bits per heavy atom. The topological polar surface area (TPSA) is 62.3 Å². The van der Waals surface area contributed by atoms with Gasteiger partial charge < -0.3 is 18.6 Å². The number of benzene rings is 3. The molecule has 0 radical (unpaired) electrons. The molecule has 5 rings (SSSR count). The van der Waals surface area contributed by atoms with Crippen LogP contribution in [0.5, 0.6) is 11.5 Å². The van der Waals surface area contributed by atoms with E-state index in [2.05, 4.69) is 9.72 Å². The molecular formula is C25H21N3O3. The highest BCUT2D eigenvalue weighted by atomic mass is 16.5. The van der Waals surface area contributed by atoms with Crippen molar-refractivity contribution in [3.63, 3.8) is 0 Å². The van der Waals surface area contributed by atoms with Crippen LogP contribution in [0, 0.1) is 0 Å². The van der Waals surface area contributed by atoms with Gasteiger partial charge in [-0.15, -0.1) is 0 Å². The lowest BCUT2D eigenvalue weighted by Gasteiger charge is -2.09. The van der Waals surface area contributed by atoms with Crippen molar-refractivity contribution in [1.82, 2.24) is 14.7 Å². The van der Waals surface area contributed by atoms with E-state index in [-0.39, 0.29) is 0 Å². The average Bonchev–Trinajstić information content (AvgIpc) is 3.43. The Morgan fingerprint density at radius 2 is 1.68 bits per heavy atom. The summed E-state index contributed by atoms with van der Waals surface area (Å²) in [5, 5.41) is 4.26. The van der Waals surface area contributed by atoms with Gasteiger partial charge in [-0.2, -0.15) is 0 Å². The van der Waals surface area contributed by atoms with Crippen molar-refractivity contribution in [3.8, 4) is 22.8 Å². The predicted octanol–water partition coefficient (Wildman–Crippen LogP) is 5.33. The molecule has 5 aromatic rings. The highest BCUT2D eigenvalue weighted by Crippen LogP contribution is 2.29. The first kappa shape index (κ1) is 18.9. The fourth-order valence-electron chi connectivity index (χ4n) is 3.60. The lowest BCUT2D eigenvalue weighted by Crippen LogP contribution is -2.08. The summed E-state index contributed by atoms with van der Waals surface area (Å²) in [4.78, 5) is 4.77. The zero-order valence-electron chi connectivity index (χ0n) is 17.1. The first-order valence-electron chi connectivity index (χ1n) is 10.0. The van der Waals surface area contributed by atoms with Crippen LogP contribution in [0.4, 0.5) is 0 Å². The number of aromatic nitrogens is 3. The third-order valence-electron chi connectivity index (χ3n) is 5.10. The van der Waals surface area contributed by atoms with Crippen LogP contribution in [0.2, 0.25) is 0 Å². The average molecular weight is 411 g/mol. The summed E-state index contributed by atoms with van der Waals surface area (Å²) in [6, 6.07) is 27.5. The minimum Gasteiger partial charge on any atom is -0.496 e. The quantitative estimate of drug-likeness (QED) is 0.362. The molecule has 0 unspecified atom stereocenters. The van der Waals surface area contributed by atoms with E-state index in [1.807, 2.05) is 84.9 Å². The molecule has 0 fully saturated rings. The molecule has 2 aromatic heterocycles. The first-order valence-corrected chi connectivity index (χ1v) is 10.0. The van der Waals surface area contributed by atoms with Crippen LogP contribution >= 0.6 is 0 Å². The van der Waals surface area contributed by atoms with Gasteiger partial charge in [0.2, 0.25) is 0 Å². The standard InChI is InChI=1S/C25H21N3O3/c1-29-24-14-8-5-11-20(24)22-15-19(31-27-22)16-28-23-13-7-6-12-21(23)26-25(28)17-30-18-9-3-2-4-10-18/h2-15H,16-17H2,1H3. The van der Waals surface area contributed by atoms with Crippen molar-refractivity contribution in [2.24, 2.45) is 0 Å². The molecule has 0 atom stereocenters. The summed E-state index contributed by atoms with van der Waals surface area (Å²) in [5.41, 5.74) is 3.56. The van der Waals surface area contributed by atoms with Gasteiger partial charge in [0.25, 0.3) is 0 Å². The number of methoxy groups -OCH3 is 1. The first-order chi connectivity index (χ1) is 15.3. The maximum absolute atomic E-state index is 5.96. The van der Waals surface area contributed by atoms with E-state index in [9.17, 15) is 0 Å². The molecule has 0 aliphatic rings. The molecule has 3 aromatic carbocycles. The number of rotatable bonds is 7. The molecule has 154 valence electrons. The van der Waals surface area contributed by atoms with Gasteiger partial charge in [0.05, 0.1) is 24.7 Å². The number of fused-ring (bicyclic) bond motifs is 1. The summed E-state index contributed by atoms with van der Waals surface area (Å²) in [6.07, 6.45) is 0. The molecule has 0 saturated heterocycles. The van der Waals surface area contributed by atoms with Crippen LogP contribution < -0.4 is 9.47 Å². The third-order valence-corrected chi connectivity index (χ3v) is 5.10. The third kappa shape index (κ3) is 3.88. The van der Waals surface area contributed by atoms with Crippen LogP contribution in [0.3, 0.4) is 0 Å². The normalized spacial score (nSPS) is 11.0. The molecule has 0 aliphatic carbocycles. The van der Waals surface area contributed by atoms with E-state index in [4.69, 9.17) is 19.0 Å². The van der Waals surface area contributed by atoms with Gasteiger partial charge in [0, 0.05) is 11.6 Å². The van der Waals surface area contributed by atoms with Gasteiger partial charge in [0.1, 0.15) is 29.6 Å². The van der Waals surface area contributed by atoms with E-state index in [1.54, 1.807) is 7.11 Å². The Labute approximate surface area is 179 Å². The van der Waals surface area contributed by atoms with Gasteiger partial charge in [-0.25, -0.2) is 4.98 Å². The smallest absolute Gasteiger partial charge is 0.157 e.